The maximum absolute atomic E-state index is 5.72. The van der Waals surface area contributed by atoms with E-state index in [0.29, 0.717) is 5.88 Å². The van der Waals surface area contributed by atoms with Gasteiger partial charge in [0, 0.05) is 23.6 Å². The monoisotopic (exact) mass is 248 g/mol. The molecule has 2 aromatic rings. The Hall–Kier alpha value is -1.28. The highest BCUT2D eigenvalue weighted by atomic mass is 35.5. The van der Waals surface area contributed by atoms with Gasteiger partial charge in [0.25, 0.3) is 0 Å². The molecule has 0 aliphatic rings. The van der Waals surface area contributed by atoms with Crippen LogP contribution >= 0.6 is 11.6 Å². The van der Waals surface area contributed by atoms with Crippen molar-refractivity contribution in [3.05, 3.63) is 41.3 Å². The van der Waals surface area contributed by atoms with Crippen LogP contribution in [0.25, 0.3) is 11.3 Å². The number of rotatable bonds is 4. The largest absolute Gasteiger partial charge is 0.346 e. The molecule has 0 amide bonds. The fraction of sp³-hybridized carbons (Fsp3) is 0.357. The first-order valence-corrected chi connectivity index (χ1v) is 6.48. The minimum absolute atomic E-state index is 0.598. The van der Waals surface area contributed by atoms with Crippen LogP contribution in [0.5, 0.6) is 0 Å². The molecule has 0 saturated heterocycles. The molecule has 0 bridgehead atoms. The van der Waals surface area contributed by atoms with Crippen molar-refractivity contribution in [1.82, 2.24) is 9.97 Å². The molecule has 1 aromatic carbocycles. The summed E-state index contributed by atoms with van der Waals surface area (Å²) < 4.78 is 0. The van der Waals surface area contributed by atoms with Crippen LogP contribution in [0.1, 0.15) is 24.0 Å². The fourth-order valence-corrected chi connectivity index (χ4v) is 2.09. The lowest BCUT2D eigenvalue weighted by atomic mass is 10.1. The predicted octanol–water partition coefficient (Wildman–Crippen LogP) is 3.73. The van der Waals surface area contributed by atoms with Crippen LogP contribution in [0.15, 0.2) is 24.3 Å². The van der Waals surface area contributed by atoms with Gasteiger partial charge in [-0.05, 0) is 18.9 Å². The van der Waals surface area contributed by atoms with E-state index in [1.165, 1.54) is 5.56 Å². The zero-order valence-electron chi connectivity index (χ0n) is 10.3. The summed E-state index contributed by atoms with van der Waals surface area (Å²) in [7, 11) is 0. The Kier molecular flexibility index (Phi) is 3.85. The van der Waals surface area contributed by atoms with Crippen molar-refractivity contribution in [3.63, 3.8) is 0 Å². The van der Waals surface area contributed by atoms with Gasteiger partial charge in [-0.3, -0.25) is 0 Å². The van der Waals surface area contributed by atoms with E-state index >= 15 is 0 Å². The second kappa shape index (κ2) is 5.37. The normalized spacial score (nSPS) is 10.8. The predicted molar refractivity (Wildman–Crippen MR) is 72.6 cm³/mol. The van der Waals surface area contributed by atoms with Crippen molar-refractivity contribution >= 4 is 11.6 Å². The quantitative estimate of drug-likeness (QED) is 0.821. The lowest BCUT2D eigenvalue weighted by molar-refractivity contribution is 0.988. The first-order valence-electron chi connectivity index (χ1n) is 5.95. The maximum atomic E-state index is 5.72. The molecule has 0 atom stereocenters. The summed E-state index contributed by atoms with van der Waals surface area (Å²) in [5.41, 5.74) is 4.65. The Morgan fingerprint density at radius 3 is 2.53 bits per heavy atom. The number of imidazole rings is 1. The third kappa shape index (κ3) is 2.70. The average molecular weight is 249 g/mol. The average Bonchev–Trinajstić information content (AvgIpc) is 2.71. The summed E-state index contributed by atoms with van der Waals surface area (Å²) in [6.07, 6.45) is 1.85. The van der Waals surface area contributed by atoms with Crippen LogP contribution in [0, 0.1) is 6.92 Å². The van der Waals surface area contributed by atoms with Crippen LogP contribution in [-0.2, 0) is 12.8 Å². The van der Waals surface area contributed by atoms with Crippen molar-refractivity contribution < 1.29 is 0 Å². The van der Waals surface area contributed by atoms with E-state index in [0.717, 1.165) is 35.6 Å². The van der Waals surface area contributed by atoms with Crippen molar-refractivity contribution in [2.75, 3.05) is 5.88 Å². The number of benzene rings is 1. The van der Waals surface area contributed by atoms with Gasteiger partial charge < -0.3 is 4.98 Å². The molecule has 0 spiro atoms. The third-order valence-corrected chi connectivity index (χ3v) is 3.09. The molecule has 2 nitrogen and oxygen atoms in total. The summed E-state index contributed by atoms with van der Waals surface area (Å²) in [6.45, 7) is 4.21. The van der Waals surface area contributed by atoms with Crippen LogP contribution in [0.4, 0.5) is 0 Å². The zero-order chi connectivity index (χ0) is 12.3. The van der Waals surface area contributed by atoms with Crippen LogP contribution in [0.3, 0.4) is 0 Å². The SMILES string of the molecule is CCc1ccc(-c2nc(CCCl)[nH]c2C)cc1. The second-order valence-corrected chi connectivity index (χ2v) is 4.52. The van der Waals surface area contributed by atoms with Crippen molar-refractivity contribution in [3.8, 4) is 11.3 Å². The van der Waals surface area contributed by atoms with Crippen molar-refractivity contribution in [1.29, 1.82) is 0 Å². The molecule has 2 rings (SSSR count). The van der Waals surface area contributed by atoms with E-state index in [1.807, 2.05) is 6.92 Å². The van der Waals surface area contributed by atoms with Crippen LogP contribution in [-0.4, -0.2) is 15.8 Å². The Bertz CT molecular complexity index is 485. The van der Waals surface area contributed by atoms with Crippen molar-refractivity contribution in [2.45, 2.75) is 26.7 Å². The molecule has 0 aliphatic heterocycles. The number of aromatic nitrogens is 2. The molecule has 0 unspecified atom stereocenters. The molecule has 90 valence electrons. The Morgan fingerprint density at radius 2 is 1.94 bits per heavy atom. The van der Waals surface area contributed by atoms with Gasteiger partial charge >= 0.3 is 0 Å². The Balaban J connectivity index is 2.31. The molecular formula is C14H17ClN2. The Labute approximate surface area is 107 Å². The summed E-state index contributed by atoms with van der Waals surface area (Å²) in [5.74, 6) is 1.56. The highest BCUT2D eigenvalue weighted by Gasteiger charge is 2.08. The number of H-pyrrole nitrogens is 1. The second-order valence-electron chi connectivity index (χ2n) is 4.15. The number of aromatic amines is 1. The van der Waals surface area contributed by atoms with E-state index in [9.17, 15) is 0 Å². The zero-order valence-corrected chi connectivity index (χ0v) is 11.0. The number of halogens is 1. The molecule has 3 heteroatoms. The van der Waals surface area contributed by atoms with Gasteiger partial charge in [0.1, 0.15) is 5.82 Å². The van der Waals surface area contributed by atoms with E-state index < -0.39 is 0 Å². The number of aryl methyl sites for hydroxylation is 3. The molecule has 1 heterocycles. The van der Waals surface area contributed by atoms with Crippen LogP contribution in [0.2, 0.25) is 0 Å². The van der Waals surface area contributed by atoms with E-state index in [1.54, 1.807) is 0 Å². The molecule has 17 heavy (non-hydrogen) atoms. The molecule has 0 aliphatic carbocycles. The van der Waals surface area contributed by atoms with Gasteiger partial charge in [-0.15, -0.1) is 11.6 Å². The molecule has 0 saturated carbocycles. The third-order valence-electron chi connectivity index (χ3n) is 2.90. The number of nitrogens with one attached hydrogen (secondary N) is 1. The number of alkyl halides is 1. The van der Waals surface area contributed by atoms with Crippen LogP contribution < -0.4 is 0 Å². The lowest BCUT2D eigenvalue weighted by Gasteiger charge is -2.00. The van der Waals surface area contributed by atoms with Gasteiger partial charge in [0.05, 0.1) is 5.69 Å². The summed E-state index contributed by atoms with van der Waals surface area (Å²) >= 11 is 5.72. The van der Waals surface area contributed by atoms with Gasteiger partial charge in [0.2, 0.25) is 0 Å². The molecule has 1 N–H and O–H groups in total. The van der Waals surface area contributed by atoms with Crippen molar-refractivity contribution in [2.24, 2.45) is 0 Å². The first-order chi connectivity index (χ1) is 8.24. The van der Waals surface area contributed by atoms with E-state index in [-0.39, 0.29) is 0 Å². The van der Waals surface area contributed by atoms with Gasteiger partial charge in [0.15, 0.2) is 0 Å². The minimum Gasteiger partial charge on any atom is -0.346 e. The Morgan fingerprint density at radius 1 is 1.24 bits per heavy atom. The number of nitrogens with zero attached hydrogens (tertiary/aromatic N) is 1. The number of hydrogen-bond donors (Lipinski definition) is 1. The summed E-state index contributed by atoms with van der Waals surface area (Å²) in [4.78, 5) is 7.86. The van der Waals surface area contributed by atoms with E-state index in [4.69, 9.17) is 11.6 Å². The lowest BCUT2D eigenvalue weighted by Crippen LogP contribution is -1.88. The molecule has 0 fully saturated rings. The number of hydrogen-bond acceptors (Lipinski definition) is 1. The smallest absolute Gasteiger partial charge is 0.108 e. The molecule has 0 radical (unpaired) electrons. The fourth-order valence-electron chi connectivity index (χ4n) is 1.91. The van der Waals surface area contributed by atoms with Gasteiger partial charge in [-0.25, -0.2) is 4.98 Å². The standard InChI is InChI=1S/C14H17ClN2/c1-3-11-4-6-12(7-5-11)14-10(2)16-13(17-14)8-9-15/h4-7H,3,8-9H2,1-2H3,(H,16,17). The van der Waals surface area contributed by atoms with Gasteiger partial charge in [-0.1, -0.05) is 31.2 Å². The first kappa shape index (κ1) is 12.2. The molecular weight excluding hydrogens is 232 g/mol. The highest BCUT2D eigenvalue weighted by Crippen LogP contribution is 2.22. The van der Waals surface area contributed by atoms with Gasteiger partial charge in [-0.2, -0.15) is 0 Å². The highest BCUT2D eigenvalue weighted by molar-refractivity contribution is 6.17. The summed E-state index contributed by atoms with van der Waals surface area (Å²) in [5, 5.41) is 0. The molecule has 1 aromatic heterocycles. The maximum Gasteiger partial charge on any atom is 0.108 e. The van der Waals surface area contributed by atoms with E-state index in [2.05, 4.69) is 41.2 Å². The minimum atomic E-state index is 0.598. The summed E-state index contributed by atoms with van der Waals surface area (Å²) in [6, 6.07) is 8.58. The topological polar surface area (TPSA) is 28.7 Å².